The zero-order valence-corrected chi connectivity index (χ0v) is 9.94. The molecule has 2 rings (SSSR count). The van der Waals surface area contributed by atoms with Crippen LogP contribution in [0.1, 0.15) is 16.8 Å². The van der Waals surface area contributed by atoms with Crippen LogP contribution in [0.5, 0.6) is 5.75 Å². The van der Waals surface area contributed by atoms with Crippen molar-refractivity contribution in [2.75, 3.05) is 19.8 Å². The Hall–Kier alpha value is -1.26. The fourth-order valence-corrected chi connectivity index (χ4v) is 1.91. The molecule has 1 unspecified atom stereocenters. The van der Waals surface area contributed by atoms with E-state index in [1.54, 1.807) is 6.07 Å². The minimum atomic E-state index is -0.998. The third kappa shape index (κ3) is 3.11. The summed E-state index contributed by atoms with van der Waals surface area (Å²) in [6.45, 7) is 2.04. The fourth-order valence-electron chi connectivity index (χ4n) is 1.67. The van der Waals surface area contributed by atoms with Crippen LogP contribution in [0.15, 0.2) is 18.2 Å². The van der Waals surface area contributed by atoms with Crippen molar-refractivity contribution in [3.05, 3.63) is 28.8 Å². The van der Waals surface area contributed by atoms with Crippen LogP contribution in [0, 0.1) is 5.92 Å². The number of ether oxygens (including phenoxy) is 2. The zero-order chi connectivity index (χ0) is 12.3. The number of carboxylic acid groups (broad SMARTS) is 1. The van der Waals surface area contributed by atoms with Crippen molar-refractivity contribution in [2.24, 2.45) is 5.92 Å². The van der Waals surface area contributed by atoms with Crippen LogP contribution < -0.4 is 4.74 Å². The van der Waals surface area contributed by atoms with Gasteiger partial charge < -0.3 is 14.6 Å². The normalized spacial score (nSPS) is 19.2. The predicted octanol–water partition coefficient (Wildman–Crippen LogP) is 2.45. The lowest BCUT2D eigenvalue weighted by molar-refractivity contribution is 0.0697. The molecule has 1 aliphatic rings. The minimum absolute atomic E-state index is 0.159. The number of aromatic carboxylic acids is 1. The molecule has 4 nitrogen and oxygen atoms in total. The van der Waals surface area contributed by atoms with Crippen molar-refractivity contribution in [3.8, 4) is 5.75 Å². The van der Waals surface area contributed by atoms with E-state index < -0.39 is 5.97 Å². The van der Waals surface area contributed by atoms with E-state index in [1.165, 1.54) is 12.1 Å². The van der Waals surface area contributed by atoms with Crippen molar-refractivity contribution >= 4 is 17.6 Å². The van der Waals surface area contributed by atoms with Crippen LogP contribution in [0.3, 0.4) is 0 Å². The van der Waals surface area contributed by atoms with Gasteiger partial charge in [-0.3, -0.25) is 0 Å². The second-order valence-corrected chi connectivity index (χ2v) is 4.40. The van der Waals surface area contributed by atoms with Gasteiger partial charge in [0.1, 0.15) is 5.75 Å². The standard InChI is InChI=1S/C12H13ClO4/c13-10-5-9(12(14)15)1-2-11(10)17-7-8-3-4-16-6-8/h1-2,5,8H,3-4,6-7H2,(H,14,15). The summed E-state index contributed by atoms with van der Waals surface area (Å²) in [7, 11) is 0. The smallest absolute Gasteiger partial charge is 0.335 e. The van der Waals surface area contributed by atoms with Crippen LogP contribution in [-0.4, -0.2) is 30.9 Å². The van der Waals surface area contributed by atoms with Gasteiger partial charge in [-0.1, -0.05) is 11.6 Å². The lowest BCUT2D eigenvalue weighted by atomic mass is 10.1. The molecule has 1 fully saturated rings. The lowest BCUT2D eigenvalue weighted by Crippen LogP contribution is -2.12. The van der Waals surface area contributed by atoms with Crippen LogP contribution in [0.4, 0.5) is 0 Å². The first-order chi connectivity index (χ1) is 8.16. The first kappa shape index (κ1) is 12.2. The first-order valence-electron chi connectivity index (χ1n) is 5.40. The molecule has 0 radical (unpaired) electrons. The first-order valence-corrected chi connectivity index (χ1v) is 5.78. The molecule has 0 amide bonds. The average Bonchev–Trinajstić information content (AvgIpc) is 2.80. The van der Waals surface area contributed by atoms with Gasteiger partial charge in [-0.25, -0.2) is 4.79 Å². The minimum Gasteiger partial charge on any atom is -0.492 e. The second-order valence-electron chi connectivity index (χ2n) is 3.99. The number of rotatable bonds is 4. The van der Waals surface area contributed by atoms with Crippen molar-refractivity contribution in [3.63, 3.8) is 0 Å². The van der Waals surface area contributed by atoms with Gasteiger partial charge >= 0.3 is 5.97 Å². The Morgan fingerprint density at radius 1 is 1.59 bits per heavy atom. The molecule has 92 valence electrons. The number of benzene rings is 1. The van der Waals surface area contributed by atoms with Gasteiger partial charge in [-0.15, -0.1) is 0 Å². The molecule has 1 N–H and O–H groups in total. The molecule has 1 aromatic carbocycles. The van der Waals surface area contributed by atoms with Gasteiger partial charge in [0.2, 0.25) is 0 Å². The molecule has 0 spiro atoms. The molecule has 0 aromatic heterocycles. The van der Waals surface area contributed by atoms with E-state index in [1.807, 2.05) is 0 Å². The summed E-state index contributed by atoms with van der Waals surface area (Å²) in [4.78, 5) is 10.7. The van der Waals surface area contributed by atoms with E-state index in [9.17, 15) is 4.79 Å². The molecule has 1 aliphatic heterocycles. The number of hydrogen-bond donors (Lipinski definition) is 1. The van der Waals surface area contributed by atoms with E-state index in [4.69, 9.17) is 26.2 Å². The number of carbonyl (C=O) groups is 1. The van der Waals surface area contributed by atoms with Gasteiger partial charge in [-0.05, 0) is 24.6 Å². The molecule has 1 aromatic rings. The molecule has 17 heavy (non-hydrogen) atoms. The summed E-state index contributed by atoms with van der Waals surface area (Å²) in [5.41, 5.74) is 0.159. The molecule has 0 saturated carbocycles. The third-order valence-electron chi connectivity index (χ3n) is 2.68. The average molecular weight is 257 g/mol. The SMILES string of the molecule is O=C(O)c1ccc(OCC2CCOC2)c(Cl)c1. The highest BCUT2D eigenvalue weighted by Crippen LogP contribution is 2.26. The topological polar surface area (TPSA) is 55.8 Å². The van der Waals surface area contributed by atoms with Crippen molar-refractivity contribution < 1.29 is 19.4 Å². The Kier molecular flexibility index (Phi) is 3.86. The van der Waals surface area contributed by atoms with Crippen LogP contribution in [-0.2, 0) is 4.74 Å². The zero-order valence-electron chi connectivity index (χ0n) is 9.19. The van der Waals surface area contributed by atoms with Crippen molar-refractivity contribution in [1.82, 2.24) is 0 Å². The fraction of sp³-hybridized carbons (Fsp3) is 0.417. The second kappa shape index (κ2) is 5.38. The maximum Gasteiger partial charge on any atom is 0.335 e. The maximum absolute atomic E-state index is 10.7. The van der Waals surface area contributed by atoms with Gasteiger partial charge in [-0.2, -0.15) is 0 Å². The maximum atomic E-state index is 10.7. The highest BCUT2D eigenvalue weighted by Gasteiger charge is 2.17. The Morgan fingerprint density at radius 3 is 3.00 bits per heavy atom. The third-order valence-corrected chi connectivity index (χ3v) is 2.97. The predicted molar refractivity (Wildman–Crippen MR) is 62.8 cm³/mol. The molecule has 5 heteroatoms. The van der Waals surface area contributed by atoms with Crippen LogP contribution in [0.25, 0.3) is 0 Å². The number of carboxylic acids is 1. The summed E-state index contributed by atoms with van der Waals surface area (Å²) in [6, 6.07) is 4.46. The summed E-state index contributed by atoms with van der Waals surface area (Å²) >= 11 is 5.94. The lowest BCUT2D eigenvalue weighted by Gasteiger charge is -2.11. The van der Waals surface area contributed by atoms with E-state index in [2.05, 4.69) is 0 Å². The summed E-state index contributed by atoms with van der Waals surface area (Å²) < 4.78 is 10.8. The van der Waals surface area contributed by atoms with Gasteiger partial charge in [0.25, 0.3) is 0 Å². The summed E-state index contributed by atoms with van der Waals surface area (Å²) in [5.74, 6) is -0.0866. The molecule has 1 saturated heterocycles. The van der Waals surface area contributed by atoms with Crippen molar-refractivity contribution in [1.29, 1.82) is 0 Å². The number of hydrogen-bond acceptors (Lipinski definition) is 3. The monoisotopic (exact) mass is 256 g/mol. The van der Waals surface area contributed by atoms with Crippen molar-refractivity contribution in [2.45, 2.75) is 6.42 Å². The highest BCUT2D eigenvalue weighted by atomic mass is 35.5. The van der Waals surface area contributed by atoms with E-state index in [0.717, 1.165) is 13.0 Å². The van der Waals surface area contributed by atoms with Crippen LogP contribution >= 0.6 is 11.6 Å². The molecular formula is C12H13ClO4. The van der Waals surface area contributed by atoms with Gasteiger partial charge in [0.15, 0.2) is 0 Å². The molecule has 0 bridgehead atoms. The Balaban J connectivity index is 1.98. The Morgan fingerprint density at radius 2 is 2.41 bits per heavy atom. The molecule has 1 heterocycles. The Bertz CT molecular complexity index is 413. The molecule has 1 atom stereocenters. The quantitative estimate of drug-likeness (QED) is 0.899. The molecule has 0 aliphatic carbocycles. The highest BCUT2D eigenvalue weighted by molar-refractivity contribution is 6.32. The van der Waals surface area contributed by atoms with E-state index in [-0.39, 0.29) is 5.56 Å². The Labute approximate surface area is 104 Å². The van der Waals surface area contributed by atoms with Crippen LogP contribution in [0.2, 0.25) is 5.02 Å². The largest absolute Gasteiger partial charge is 0.492 e. The summed E-state index contributed by atoms with van der Waals surface area (Å²) in [5, 5.41) is 9.11. The van der Waals surface area contributed by atoms with Gasteiger partial charge in [0.05, 0.1) is 23.8 Å². The summed E-state index contributed by atoms with van der Waals surface area (Å²) in [6.07, 6.45) is 0.991. The van der Waals surface area contributed by atoms with Gasteiger partial charge in [0, 0.05) is 12.5 Å². The molecular weight excluding hydrogens is 244 g/mol. The number of halogens is 1. The van der Waals surface area contributed by atoms with E-state index in [0.29, 0.717) is 29.9 Å². The van der Waals surface area contributed by atoms with E-state index >= 15 is 0 Å².